The van der Waals surface area contributed by atoms with Gasteiger partial charge in [0.15, 0.2) is 17.3 Å². The number of carbonyl (C=O) groups excluding carboxylic acids is 1. The largest absolute Gasteiger partial charge is 0.461 e. The topological polar surface area (TPSA) is 124 Å². The zero-order valence-electron chi connectivity index (χ0n) is 15.9. The Labute approximate surface area is 165 Å². The number of nitrogens with one attached hydrogen (secondary N) is 2. The van der Waals surface area contributed by atoms with Crippen LogP contribution in [0, 0.1) is 13.8 Å². The molecule has 0 aromatic carbocycles. The van der Waals surface area contributed by atoms with Crippen LogP contribution < -0.4 is 10.6 Å². The zero-order valence-corrected chi connectivity index (χ0v) is 15.9. The average molecular weight is 393 g/mol. The van der Waals surface area contributed by atoms with E-state index in [9.17, 15) is 4.79 Å². The monoisotopic (exact) mass is 393 g/mol. The van der Waals surface area contributed by atoms with E-state index in [0.717, 1.165) is 11.4 Å². The number of aromatic nitrogens is 5. The van der Waals surface area contributed by atoms with Crippen molar-refractivity contribution in [1.29, 1.82) is 0 Å². The van der Waals surface area contributed by atoms with Crippen molar-refractivity contribution < 1.29 is 13.7 Å². The molecule has 0 bridgehead atoms. The third-order valence-corrected chi connectivity index (χ3v) is 4.10. The molecular weight excluding hydrogens is 374 g/mol. The SMILES string of the molecule is Cc1cc(C)n(-c2cc(NCCNC(=O)c3cc(-c4ccco4)on3)ncn2)n1. The van der Waals surface area contributed by atoms with Crippen LogP contribution in [-0.2, 0) is 0 Å². The van der Waals surface area contributed by atoms with Crippen molar-refractivity contribution in [2.75, 3.05) is 18.4 Å². The maximum absolute atomic E-state index is 12.2. The van der Waals surface area contributed by atoms with E-state index in [0.29, 0.717) is 36.2 Å². The molecule has 0 aliphatic carbocycles. The summed E-state index contributed by atoms with van der Waals surface area (Å²) < 4.78 is 12.1. The second-order valence-electron chi connectivity index (χ2n) is 6.34. The molecule has 148 valence electrons. The molecule has 0 radical (unpaired) electrons. The Hall–Kier alpha value is -3.95. The summed E-state index contributed by atoms with van der Waals surface area (Å²) >= 11 is 0. The van der Waals surface area contributed by atoms with E-state index >= 15 is 0 Å². The first kappa shape index (κ1) is 18.4. The minimum Gasteiger partial charge on any atom is -0.461 e. The lowest BCUT2D eigenvalue weighted by molar-refractivity contribution is 0.0946. The van der Waals surface area contributed by atoms with Gasteiger partial charge in [-0.25, -0.2) is 14.6 Å². The van der Waals surface area contributed by atoms with Gasteiger partial charge in [-0.15, -0.1) is 0 Å². The van der Waals surface area contributed by atoms with Gasteiger partial charge in [0.05, 0.1) is 12.0 Å². The molecule has 0 aliphatic rings. The van der Waals surface area contributed by atoms with Crippen LogP contribution in [0.25, 0.3) is 17.3 Å². The molecule has 4 aromatic rings. The molecule has 0 spiro atoms. The van der Waals surface area contributed by atoms with E-state index in [2.05, 4.69) is 30.9 Å². The Kier molecular flexibility index (Phi) is 5.06. The minimum absolute atomic E-state index is 0.185. The van der Waals surface area contributed by atoms with Gasteiger partial charge in [0.2, 0.25) is 5.76 Å². The second-order valence-corrected chi connectivity index (χ2v) is 6.34. The van der Waals surface area contributed by atoms with Gasteiger partial charge in [-0.2, -0.15) is 5.10 Å². The van der Waals surface area contributed by atoms with Crippen LogP contribution in [0.1, 0.15) is 21.9 Å². The lowest BCUT2D eigenvalue weighted by Crippen LogP contribution is -2.29. The number of anilines is 1. The summed E-state index contributed by atoms with van der Waals surface area (Å²) in [6, 6.07) is 8.78. The van der Waals surface area contributed by atoms with Crippen molar-refractivity contribution in [3.63, 3.8) is 0 Å². The zero-order chi connectivity index (χ0) is 20.2. The van der Waals surface area contributed by atoms with Crippen LogP contribution in [0.3, 0.4) is 0 Å². The summed E-state index contributed by atoms with van der Waals surface area (Å²) in [4.78, 5) is 20.6. The molecule has 0 saturated carbocycles. The molecule has 4 aromatic heterocycles. The first-order chi connectivity index (χ1) is 14.1. The minimum atomic E-state index is -0.334. The van der Waals surface area contributed by atoms with Crippen LogP contribution in [0.15, 0.2) is 51.9 Å². The van der Waals surface area contributed by atoms with Crippen molar-refractivity contribution in [2.24, 2.45) is 0 Å². The molecule has 0 atom stereocenters. The van der Waals surface area contributed by atoms with Crippen LogP contribution in [0.4, 0.5) is 5.82 Å². The van der Waals surface area contributed by atoms with Crippen LogP contribution in [-0.4, -0.2) is 43.9 Å². The van der Waals surface area contributed by atoms with E-state index in [4.69, 9.17) is 8.94 Å². The third-order valence-electron chi connectivity index (χ3n) is 4.10. The van der Waals surface area contributed by atoms with E-state index in [-0.39, 0.29) is 11.6 Å². The molecular formula is C19H19N7O3. The number of amides is 1. The highest BCUT2D eigenvalue weighted by atomic mass is 16.5. The van der Waals surface area contributed by atoms with Gasteiger partial charge in [0, 0.05) is 30.9 Å². The maximum Gasteiger partial charge on any atom is 0.273 e. The first-order valence-electron chi connectivity index (χ1n) is 8.98. The number of nitrogens with zero attached hydrogens (tertiary/aromatic N) is 5. The van der Waals surface area contributed by atoms with Crippen molar-refractivity contribution in [1.82, 2.24) is 30.2 Å². The molecule has 0 saturated heterocycles. The Balaban J connectivity index is 1.30. The highest BCUT2D eigenvalue weighted by molar-refractivity contribution is 5.92. The van der Waals surface area contributed by atoms with Gasteiger partial charge >= 0.3 is 0 Å². The molecule has 4 heterocycles. The van der Waals surface area contributed by atoms with E-state index in [1.165, 1.54) is 18.7 Å². The standard InChI is InChI=1S/C19H19N7O3/c1-12-8-13(2)26(24-12)18-10-17(22-11-23-18)20-5-6-21-19(27)14-9-16(29-25-14)15-4-3-7-28-15/h3-4,7-11H,5-6H2,1-2H3,(H,21,27)(H,20,22,23). The van der Waals surface area contributed by atoms with Gasteiger partial charge in [0.1, 0.15) is 12.1 Å². The molecule has 0 unspecified atom stereocenters. The molecule has 10 heteroatoms. The fourth-order valence-corrected chi connectivity index (χ4v) is 2.79. The van der Waals surface area contributed by atoms with E-state index in [1.54, 1.807) is 22.9 Å². The van der Waals surface area contributed by atoms with Crippen molar-refractivity contribution in [2.45, 2.75) is 13.8 Å². The fourth-order valence-electron chi connectivity index (χ4n) is 2.79. The highest BCUT2D eigenvalue weighted by Crippen LogP contribution is 2.20. The number of carbonyl (C=O) groups is 1. The van der Waals surface area contributed by atoms with E-state index < -0.39 is 0 Å². The van der Waals surface area contributed by atoms with Gasteiger partial charge in [0.25, 0.3) is 5.91 Å². The van der Waals surface area contributed by atoms with Gasteiger partial charge in [-0.05, 0) is 32.0 Å². The molecule has 2 N–H and O–H groups in total. The summed E-state index contributed by atoms with van der Waals surface area (Å²) in [6.45, 7) is 4.74. The molecule has 29 heavy (non-hydrogen) atoms. The van der Waals surface area contributed by atoms with E-state index in [1.807, 2.05) is 19.9 Å². The summed E-state index contributed by atoms with van der Waals surface area (Å²) in [5.41, 5.74) is 2.09. The second kappa shape index (κ2) is 7.97. The smallest absolute Gasteiger partial charge is 0.273 e. The summed E-state index contributed by atoms with van der Waals surface area (Å²) in [6.07, 6.45) is 2.99. The maximum atomic E-state index is 12.2. The van der Waals surface area contributed by atoms with Gasteiger partial charge in [-0.1, -0.05) is 5.16 Å². The predicted octanol–water partition coefficient (Wildman–Crippen LogP) is 2.37. The number of hydrogen-bond donors (Lipinski definition) is 2. The third kappa shape index (κ3) is 4.15. The molecule has 0 fully saturated rings. The normalized spacial score (nSPS) is 10.8. The Bertz CT molecular complexity index is 1110. The number of rotatable bonds is 7. The number of aryl methyl sites for hydroxylation is 2. The Morgan fingerprint density at radius 3 is 2.79 bits per heavy atom. The predicted molar refractivity (Wildman–Crippen MR) is 104 cm³/mol. The Morgan fingerprint density at radius 2 is 2.03 bits per heavy atom. The number of hydrogen-bond acceptors (Lipinski definition) is 8. The number of furan rings is 1. The van der Waals surface area contributed by atoms with Crippen molar-refractivity contribution >= 4 is 11.7 Å². The summed E-state index contributed by atoms with van der Waals surface area (Å²) in [5, 5.41) is 14.1. The van der Waals surface area contributed by atoms with Crippen LogP contribution >= 0.6 is 0 Å². The molecule has 1 amide bonds. The van der Waals surface area contributed by atoms with Crippen molar-refractivity contribution in [3.8, 4) is 17.3 Å². The summed E-state index contributed by atoms with van der Waals surface area (Å²) in [7, 11) is 0. The summed E-state index contributed by atoms with van der Waals surface area (Å²) in [5.74, 6) is 1.89. The average Bonchev–Trinajstić information content (AvgIpc) is 3.46. The lowest BCUT2D eigenvalue weighted by atomic mass is 10.3. The van der Waals surface area contributed by atoms with Crippen LogP contribution in [0.2, 0.25) is 0 Å². The lowest BCUT2D eigenvalue weighted by Gasteiger charge is -2.08. The van der Waals surface area contributed by atoms with Crippen molar-refractivity contribution in [3.05, 3.63) is 60.0 Å². The fraction of sp³-hybridized carbons (Fsp3) is 0.211. The quantitative estimate of drug-likeness (QED) is 0.459. The molecule has 10 nitrogen and oxygen atoms in total. The van der Waals surface area contributed by atoms with Gasteiger partial charge in [-0.3, -0.25) is 4.79 Å². The first-order valence-corrected chi connectivity index (χ1v) is 8.98. The molecule has 0 aliphatic heterocycles. The highest BCUT2D eigenvalue weighted by Gasteiger charge is 2.14. The van der Waals surface area contributed by atoms with Crippen LogP contribution in [0.5, 0.6) is 0 Å². The van der Waals surface area contributed by atoms with Gasteiger partial charge < -0.3 is 19.6 Å². The Morgan fingerprint density at radius 1 is 1.14 bits per heavy atom. The molecule has 4 rings (SSSR count).